The van der Waals surface area contributed by atoms with Gasteiger partial charge in [-0.05, 0) is 37.6 Å². The van der Waals surface area contributed by atoms with Crippen LogP contribution in [0.3, 0.4) is 0 Å². The van der Waals surface area contributed by atoms with Crippen LogP contribution in [0.25, 0.3) is 11.0 Å². The Balaban J connectivity index is 2.05. The van der Waals surface area contributed by atoms with Gasteiger partial charge in [-0.3, -0.25) is 4.72 Å². The van der Waals surface area contributed by atoms with Gasteiger partial charge in [0.2, 0.25) is 0 Å². The van der Waals surface area contributed by atoms with Gasteiger partial charge in [0.05, 0.1) is 15.9 Å². The first-order valence-electron chi connectivity index (χ1n) is 8.11. The number of nitrogens with zero attached hydrogens (tertiary/aromatic N) is 2. The number of nitrogens with one attached hydrogen (secondary N) is 2. The Morgan fingerprint density at radius 2 is 1.48 bits per heavy atom. The minimum absolute atomic E-state index is 0.135. The minimum Gasteiger partial charge on any atom is -0.365 e. The van der Waals surface area contributed by atoms with Gasteiger partial charge in [0, 0.05) is 6.04 Å². The van der Waals surface area contributed by atoms with E-state index in [4.69, 9.17) is 0 Å². The molecule has 0 fully saturated rings. The Morgan fingerprint density at radius 3 is 2.08 bits per heavy atom. The number of para-hydroxylation sites is 2. The van der Waals surface area contributed by atoms with E-state index >= 15 is 0 Å². The summed E-state index contributed by atoms with van der Waals surface area (Å²) in [6.45, 7) is 4.05. The normalized spacial score (nSPS) is 12.7. The monoisotopic (exact) mass is 356 g/mol. The van der Waals surface area contributed by atoms with Crippen LogP contribution in [0.5, 0.6) is 0 Å². The summed E-state index contributed by atoms with van der Waals surface area (Å²) in [5, 5.41) is 3.23. The molecule has 2 N–H and O–H groups in total. The van der Waals surface area contributed by atoms with Gasteiger partial charge in [-0.15, -0.1) is 0 Å². The van der Waals surface area contributed by atoms with E-state index in [1.54, 1.807) is 36.4 Å². The van der Waals surface area contributed by atoms with Gasteiger partial charge in [-0.25, -0.2) is 18.4 Å². The molecule has 0 bridgehead atoms. The molecule has 0 saturated heterocycles. The maximum atomic E-state index is 12.6. The summed E-state index contributed by atoms with van der Waals surface area (Å²) < 4.78 is 27.8. The third kappa shape index (κ3) is 3.88. The van der Waals surface area contributed by atoms with E-state index in [1.165, 1.54) is 0 Å². The lowest BCUT2D eigenvalue weighted by atomic mass is 10.2. The van der Waals surface area contributed by atoms with E-state index in [-0.39, 0.29) is 16.8 Å². The van der Waals surface area contributed by atoms with Crippen molar-refractivity contribution < 1.29 is 8.42 Å². The Bertz CT molecular complexity index is 975. The van der Waals surface area contributed by atoms with E-state index in [1.807, 2.05) is 32.0 Å². The van der Waals surface area contributed by atoms with Crippen LogP contribution in [0.4, 0.5) is 11.6 Å². The number of aromatic nitrogens is 2. The fraction of sp³-hybridized carbons (Fsp3) is 0.222. The maximum absolute atomic E-state index is 12.6. The highest BCUT2D eigenvalue weighted by Gasteiger charge is 2.19. The molecule has 3 aromatic rings. The van der Waals surface area contributed by atoms with Crippen molar-refractivity contribution in [2.75, 3.05) is 10.0 Å². The summed E-state index contributed by atoms with van der Waals surface area (Å²) in [6, 6.07) is 15.7. The van der Waals surface area contributed by atoms with Crippen molar-refractivity contribution in [2.24, 2.45) is 0 Å². The van der Waals surface area contributed by atoms with Gasteiger partial charge >= 0.3 is 0 Å². The average molecular weight is 356 g/mol. The van der Waals surface area contributed by atoms with Crippen molar-refractivity contribution in [2.45, 2.75) is 31.2 Å². The number of hydrogen-bond donors (Lipinski definition) is 2. The second-order valence-electron chi connectivity index (χ2n) is 5.78. The summed E-state index contributed by atoms with van der Waals surface area (Å²) in [4.78, 5) is 9.18. The lowest BCUT2D eigenvalue weighted by Crippen LogP contribution is -2.20. The van der Waals surface area contributed by atoms with Crippen molar-refractivity contribution in [3.63, 3.8) is 0 Å². The smallest absolute Gasteiger partial charge is 0.263 e. The molecule has 1 heterocycles. The predicted octanol–water partition coefficient (Wildman–Crippen LogP) is 3.64. The van der Waals surface area contributed by atoms with Gasteiger partial charge in [0.25, 0.3) is 10.0 Å². The zero-order valence-electron chi connectivity index (χ0n) is 14.1. The molecule has 2 aromatic carbocycles. The molecule has 25 heavy (non-hydrogen) atoms. The third-order valence-corrected chi connectivity index (χ3v) is 5.21. The lowest BCUT2D eigenvalue weighted by molar-refractivity contribution is 0.601. The van der Waals surface area contributed by atoms with Crippen molar-refractivity contribution in [3.8, 4) is 0 Å². The van der Waals surface area contributed by atoms with Crippen LogP contribution in [0, 0.1) is 0 Å². The Labute approximate surface area is 147 Å². The molecule has 0 saturated carbocycles. The van der Waals surface area contributed by atoms with Crippen LogP contribution in [0.15, 0.2) is 59.5 Å². The molecule has 0 radical (unpaired) electrons. The summed E-state index contributed by atoms with van der Waals surface area (Å²) in [7, 11) is -3.74. The molecular formula is C18H20N4O2S. The van der Waals surface area contributed by atoms with Crippen molar-refractivity contribution in [3.05, 3.63) is 54.6 Å². The lowest BCUT2D eigenvalue weighted by Gasteiger charge is -2.17. The maximum Gasteiger partial charge on any atom is 0.263 e. The molecule has 1 aromatic heterocycles. The van der Waals surface area contributed by atoms with Gasteiger partial charge < -0.3 is 5.32 Å². The fourth-order valence-electron chi connectivity index (χ4n) is 2.29. The number of benzene rings is 2. The zero-order chi connectivity index (χ0) is 17.9. The van der Waals surface area contributed by atoms with E-state index in [2.05, 4.69) is 20.0 Å². The molecular weight excluding hydrogens is 336 g/mol. The summed E-state index contributed by atoms with van der Waals surface area (Å²) in [5.74, 6) is 0.621. The SMILES string of the molecule is CCC(C)Nc1nc2ccccc2nc1NS(=O)(=O)c1ccccc1. The Morgan fingerprint density at radius 1 is 0.920 bits per heavy atom. The molecule has 0 amide bonds. The third-order valence-electron chi connectivity index (χ3n) is 3.85. The first-order valence-corrected chi connectivity index (χ1v) is 9.59. The zero-order valence-corrected chi connectivity index (χ0v) is 14.9. The second-order valence-corrected chi connectivity index (χ2v) is 7.46. The number of anilines is 2. The molecule has 0 aliphatic heterocycles. The molecule has 130 valence electrons. The molecule has 0 aliphatic carbocycles. The van der Waals surface area contributed by atoms with Crippen LogP contribution in [-0.2, 0) is 10.0 Å². The molecule has 1 atom stereocenters. The Hall–Kier alpha value is -2.67. The summed E-state index contributed by atoms with van der Waals surface area (Å²) >= 11 is 0. The van der Waals surface area contributed by atoms with Crippen molar-refractivity contribution in [1.82, 2.24) is 9.97 Å². The Kier molecular flexibility index (Phi) is 4.85. The molecule has 0 spiro atoms. The largest absolute Gasteiger partial charge is 0.365 e. The van der Waals surface area contributed by atoms with Crippen LogP contribution in [-0.4, -0.2) is 24.4 Å². The van der Waals surface area contributed by atoms with Crippen LogP contribution in [0.1, 0.15) is 20.3 Å². The van der Waals surface area contributed by atoms with Gasteiger partial charge in [-0.2, -0.15) is 0 Å². The number of sulfonamides is 1. The first kappa shape index (κ1) is 17.2. The van der Waals surface area contributed by atoms with Crippen LogP contribution in [0.2, 0.25) is 0 Å². The predicted molar refractivity (Wildman–Crippen MR) is 100 cm³/mol. The minimum atomic E-state index is -3.74. The van der Waals surface area contributed by atoms with Gasteiger partial charge in [-0.1, -0.05) is 37.3 Å². The summed E-state index contributed by atoms with van der Waals surface area (Å²) in [5.41, 5.74) is 1.33. The first-order chi connectivity index (χ1) is 12.0. The number of hydrogen-bond acceptors (Lipinski definition) is 5. The second kappa shape index (κ2) is 7.06. The summed E-state index contributed by atoms with van der Waals surface area (Å²) in [6.07, 6.45) is 0.874. The highest BCUT2D eigenvalue weighted by molar-refractivity contribution is 7.92. The average Bonchev–Trinajstić information content (AvgIpc) is 2.62. The highest BCUT2D eigenvalue weighted by atomic mass is 32.2. The molecule has 6 nitrogen and oxygen atoms in total. The molecule has 0 aliphatic rings. The number of fused-ring (bicyclic) bond motifs is 1. The van der Waals surface area contributed by atoms with Crippen molar-refractivity contribution in [1.29, 1.82) is 0 Å². The standard InChI is InChI=1S/C18H20N4O2S/c1-3-13(2)19-17-18(21-16-12-8-7-11-15(16)20-17)22-25(23,24)14-9-5-4-6-10-14/h4-13H,3H2,1-2H3,(H,19,20)(H,21,22). The van der Waals surface area contributed by atoms with Crippen LogP contribution >= 0.6 is 0 Å². The van der Waals surface area contributed by atoms with E-state index in [0.29, 0.717) is 16.9 Å². The topological polar surface area (TPSA) is 84.0 Å². The van der Waals surface area contributed by atoms with Crippen LogP contribution < -0.4 is 10.0 Å². The highest BCUT2D eigenvalue weighted by Crippen LogP contribution is 2.25. The molecule has 3 rings (SSSR count). The van der Waals surface area contributed by atoms with Gasteiger partial charge in [0.1, 0.15) is 0 Å². The molecule has 1 unspecified atom stereocenters. The van der Waals surface area contributed by atoms with Crippen molar-refractivity contribution >= 4 is 32.7 Å². The van der Waals surface area contributed by atoms with E-state index < -0.39 is 10.0 Å². The fourth-order valence-corrected chi connectivity index (χ4v) is 3.32. The number of rotatable bonds is 6. The quantitative estimate of drug-likeness (QED) is 0.704. The van der Waals surface area contributed by atoms with Gasteiger partial charge in [0.15, 0.2) is 11.6 Å². The van der Waals surface area contributed by atoms with E-state index in [0.717, 1.165) is 6.42 Å². The van der Waals surface area contributed by atoms with E-state index in [9.17, 15) is 8.42 Å². The molecule has 7 heteroatoms.